The minimum Gasteiger partial charge on any atom is -0.324 e. The number of Topliss-reactive ketones (excluding diaryl/α,β-unsaturated/α-hetero) is 1. The summed E-state index contributed by atoms with van der Waals surface area (Å²) in [6, 6.07) is 4.43. The zero-order chi connectivity index (χ0) is 11.7. The SMILES string of the molecule is Cc1cc(C(=O)C2C=CC(N)C2)ccc1F. The van der Waals surface area contributed by atoms with Crippen LogP contribution in [0.4, 0.5) is 4.39 Å². The van der Waals surface area contributed by atoms with E-state index in [1.54, 1.807) is 13.0 Å². The highest BCUT2D eigenvalue weighted by atomic mass is 19.1. The van der Waals surface area contributed by atoms with Crippen LogP contribution >= 0.6 is 0 Å². The van der Waals surface area contributed by atoms with Gasteiger partial charge in [0.2, 0.25) is 0 Å². The molecular weight excluding hydrogens is 205 g/mol. The van der Waals surface area contributed by atoms with E-state index in [-0.39, 0.29) is 23.6 Å². The van der Waals surface area contributed by atoms with Crippen molar-refractivity contribution in [1.82, 2.24) is 0 Å². The molecule has 0 saturated heterocycles. The third kappa shape index (κ3) is 2.04. The molecule has 2 atom stereocenters. The summed E-state index contributed by atoms with van der Waals surface area (Å²) in [5.74, 6) is -0.414. The third-order valence-corrected chi connectivity index (χ3v) is 2.90. The molecule has 1 aliphatic rings. The number of halogens is 1. The number of aryl methyl sites for hydroxylation is 1. The average molecular weight is 219 g/mol. The van der Waals surface area contributed by atoms with Crippen molar-refractivity contribution in [1.29, 1.82) is 0 Å². The van der Waals surface area contributed by atoms with Crippen molar-refractivity contribution in [2.75, 3.05) is 0 Å². The zero-order valence-corrected chi connectivity index (χ0v) is 9.11. The summed E-state index contributed by atoms with van der Waals surface area (Å²) in [4.78, 5) is 12.0. The number of carbonyl (C=O) groups is 1. The summed E-state index contributed by atoms with van der Waals surface area (Å²) < 4.78 is 13.1. The van der Waals surface area contributed by atoms with Crippen LogP contribution in [0.5, 0.6) is 0 Å². The molecule has 0 aliphatic heterocycles. The molecule has 0 radical (unpaired) electrons. The van der Waals surface area contributed by atoms with Gasteiger partial charge < -0.3 is 5.73 Å². The van der Waals surface area contributed by atoms with E-state index in [4.69, 9.17) is 5.73 Å². The van der Waals surface area contributed by atoms with Gasteiger partial charge in [0, 0.05) is 17.5 Å². The summed E-state index contributed by atoms with van der Waals surface area (Å²) in [7, 11) is 0. The van der Waals surface area contributed by atoms with Gasteiger partial charge in [-0.15, -0.1) is 0 Å². The van der Waals surface area contributed by atoms with Crippen LogP contribution in [0.2, 0.25) is 0 Å². The van der Waals surface area contributed by atoms with Crippen molar-refractivity contribution in [3.8, 4) is 0 Å². The fourth-order valence-corrected chi connectivity index (χ4v) is 1.93. The first-order valence-electron chi connectivity index (χ1n) is 5.32. The second-order valence-electron chi connectivity index (χ2n) is 4.22. The number of nitrogens with two attached hydrogens (primary N) is 1. The van der Waals surface area contributed by atoms with E-state index in [2.05, 4.69) is 0 Å². The smallest absolute Gasteiger partial charge is 0.169 e. The Morgan fingerprint density at radius 2 is 2.19 bits per heavy atom. The second-order valence-corrected chi connectivity index (χ2v) is 4.22. The molecule has 0 heterocycles. The first kappa shape index (κ1) is 11.0. The van der Waals surface area contributed by atoms with Gasteiger partial charge in [0.05, 0.1) is 0 Å². The van der Waals surface area contributed by atoms with Crippen molar-refractivity contribution in [3.05, 3.63) is 47.3 Å². The summed E-state index contributed by atoms with van der Waals surface area (Å²) in [5.41, 5.74) is 6.75. The van der Waals surface area contributed by atoms with Crippen molar-refractivity contribution < 1.29 is 9.18 Å². The average Bonchev–Trinajstić information content (AvgIpc) is 2.68. The highest BCUT2D eigenvalue weighted by Gasteiger charge is 2.23. The predicted molar refractivity (Wildman–Crippen MR) is 60.7 cm³/mol. The first-order chi connectivity index (χ1) is 7.58. The highest BCUT2D eigenvalue weighted by molar-refractivity contribution is 5.99. The van der Waals surface area contributed by atoms with Gasteiger partial charge in [0.25, 0.3) is 0 Å². The fraction of sp³-hybridized carbons (Fsp3) is 0.308. The van der Waals surface area contributed by atoms with Crippen LogP contribution in [0.25, 0.3) is 0 Å². The van der Waals surface area contributed by atoms with Crippen LogP contribution in [-0.4, -0.2) is 11.8 Å². The number of allylic oxidation sites excluding steroid dienone is 1. The largest absolute Gasteiger partial charge is 0.324 e. The summed E-state index contributed by atoms with van der Waals surface area (Å²) in [6.45, 7) is 1.66. The van der Waals surface area contributed by atoms with Gasteiger partial charge in [-0.05, 0) is 37.1 Å². The lowest BCUT2D eigenvalue weighted by Gasteiger charge is -2.09. The van der Waals surface area contributed by atoms with E-state index in [9.17, 15) is 9.18 Å². The third-order valence-electron chi connectivity index (χ3n) is 2.90. The molecule has 3 heteroatoms. The molecule has 2 N–H and O–H groups in total. The van der Waals surface area contributed by atoms with Crippen molar-refractivity contribution in [2.24, 2.45) is 11.7 Å². The maximum Gasteiger partial charge on any atom is 0.169 e. The molecule has 16 heavy (non-hydrogen) atoms. The Kier molecular flexibility index (Phi) is 2.88. The minimum absolute atomic E-state index is 0.0206. The highest BCUT2D eigenvalue weighted by Crippen LogP contribution is 2.22. The molecule has 0 amide bonds. The zero-order valence-electron chi connectivity index (χ0n) is 9.11. The molecule has 0 bridgehead atoms. The molecule has 1 aromatic carbocycles. The van der Waals surface area contributed by atoms with E-state index in [0.717, 1.165) is 0 Å². The predicted octanol–water partition coefficient (Wildman–Crippen LogP) is 2.22. The topological polar surface area (TPSA) is 43.1 Å². The van der Waals surface area contributed by atoms with Crippen LogP contribution < -0.4 is 5.73 Å². The molecule has 0 spiro atoms. The van der Waals surface area contributed by atoms with Gasteiger partial charge in [0.1, 0.15) is 5.82 Å². The second kappa shape index (κ2) is 4.18. The lowest BCUT2D eigenvalue weighted by atomic mass is 9.95. The van der Waals surface area contributed by atoms with Crippen LogP contribution in [-0.2, 0) is 0 Å². The van der Waals surface area contributed by atoms with Crippen LogP contribution in [0.1, 0.15) is 22.3 Å². The van der Waals surface area contributed by atoms with Crippen molar-refractivity contribution in [2.45, 2.75) is 19.4 Å². The van der Waals surface area contributed by atoms with Gasteiger partial charge in [0.15, 0.2) is 5.78 Å². The van der Waals surface area contributed by atoms with Crippen LogP contribution in [0.3, 0.4) is 0 Å². The maximum absolute atomic E-state index is 13.1. The molecule has 1 aliphatic carbocycles. The first-order valence-corrected chi connectivity index (χ1v) is 5.32. The van der Waals surface area contributed by atoms with Gasteiger partial charge in [-0.2, -0.15) is 0 Å². The van der Waals surface area contributed by atoms with Gasteiger partial charge in [-0.3, -0.25) is 4.79 Å². The quantitative estimate of drug-likeness (QED) is 0.612. The van der Waals surface area contributed by atoms with Crippen LogP contribution in [0.15, 0.2) is 30.4 Å². The Balaban J connectivity index is 2.21. The van der Waals surface area contributed by atoms with Crippen LogP contribution in [0, 0.1) is 18.7 Å². The number of carbonyl (C=O) groups excluding carboxylic acids is 1. The maximum atomic E-state index is 13.1. The lowest BCUT2D eigenvalue weighted by molar-refractivity contribution is 0.0943. The van der Waals surface area contributed by atoms with Crippen molar-refractivity contribution in [3.63, 3.8) is 0 Å². The molecular formula is C13H14FNO. The Bertz CT molecular complexity index is 453. The number of hydrogen-bond donors (Lipinski definition) is 1. The summed E-state index contributed by atoms with van der Waals surface area (Å²) in [6.07, 6.45) is 4.33. The lowest BCUT2D eigenvalue weighted by Crippen LogP contribution is -2.19. The van der Waals surface area contributed by atoms with E-state index >= 15 is 0 Å². The van der Waals surface area contributed by atoms with Gasteiger partial charge >= 0.3 is 0 Å². The Labute approximate surface area is 94.0 Å². The minimum atomic E-state index is -0.282. The van der Waals surface area contributed by atoms with Gasteiger partial charge in [-0.1, -0.05) is 12.2 Å². The molecule has 84 valence electrons. The Morgan fingerprint density at radius 3 is 2.75 bits per heavy atom. The molecule has 2 rings (SSSR count). The Morgan fingerprint density at radius 1 is 1.44 bits per heavy atom. The van der Waals surface area contributed by atoms with E-state index in [0.29, 0.717) is 17.5 Å². The molecule has 1 aromatic rings. The monoisotopic (exact) mass is 219 g/mol. The fourth-order valence-electron chi connectivity index (χ4n) is 1.93. The number of benzene rings is 1. The number of rotatable bonds is 2. The number of ketones is 1. The van der Waals surface area contributed by atoms with Crippen molar-refractivity contribution >= 4 is 5.78 Å². The molecule has 0 saturated carbocycles. The molecule has 2 unspecified atom stereocenters. The summed E-state index contributed by atoms with van der Waals surface area (Å²) >= 11 is 0. The standard InChI is InChI=1S/C13H14FNO/c1-8-6-9(3-5-12(8)14)13(16)10-2-4-11(15)7-10/h2-6,10-11H,7,15H2,1H3. The normalized spacial score (nSPS) is 23.7. The molecule has 0 fully saturated rings. The molecule has 2 nitrogen and oxygen atoms in total. The van der Waals surface area contributed by atoms with E-state index in [1.165, 1.54) is 12.1 Å². The Hall–Kier alpha value is -1.48. The van der Waals surface area contributed by atoms with Gasteiger partial charge in [-0.25, -0.2) is 4.39 Å². The molecule has 0 aromatic heterocycles. The number of hydrogen-bond acceptors (Lipinski definition) is 2. The van der Waals surface area contributed by atoms with E-state index in [1.807, 2.05) is 12.2 Å². The summed E-state index contributed by atoms with van der Waals surface area (Å²) in [5, 5.41) is 0. The van der Waals surface area contributed by atoms with E-state index < -0.39 is 0 Å².